The van der Waals surface area contributed by atoms with Gasteiger partial charge in [-0.05, 0) is 12.5 Å². The number of benzene rings is 1. The van der Waals surface area contributed by atoms with E-state index in [-0.39, 0.29) is 23.9 Å². The molecule has 2 heterocycles. The average Bonchev–Trinajstić information content (AvgIpc) is 3.21. The molecule has 1 aliphatic rings. The molecule has 1 aromatic heterocycles. The van der Waals surface area contributed by atoms with Crippen molar-refractivity contribution in [1.29, 1.82) is 0 Å². The van der Waals surface area contributed by atoms with Crippen LogP contribution in [-0.4, -0.2) is 40.5 Å². The maximum atomic E-state index is 13.6. The van der Waals surface area contributed by atoms with Gasteiger partial charge in [-0.15, -0.1) is 11.3 Å². The maximum Gasteiger partial charge on any atom is 0.357 e. The lowest BCUT2D eigenvalue weighted by Gasteiger charge is -2.29. The summed E-state index contributed by atoms with van der Waals surface area (Å²) in [5, 5.41) is 16.8. The Bertz CT molecular complexity index is 797. The summed E-state index contributed by atoms with van der Waals surface area (Å²) in [4.78, 5) is 15.7. The molecule has 1 aromatic carbocycles. The Morgan fingerprint density at radius 2 is 2.16 bits per heavy atom. The first kappa shape index (κ1) is 17.4. The van der Waals surface area contributed by atoms with E-state index in [1.807, 2.05) is 0 Å². The topological polar surface area (TPSA) is 75.0 Å². The second kappa shape index (κ2) is 6.85. The molecule has 0 saturated heterocycles. The van der Waals surface area contributed by atoms with Gasteiger partial charge >= 0.3 is 5.97 Å². The summed E-state index contributed by atoms with van der Waals surface area (Å²) in [5.41, 5.74) is -1.58. The van der Waals surface area contributed by atoms with E-state index in [4.69, 9.17) is 4.74 Å². The van der Waals surface area contributed by atoms with Crippen LogP contribution in [0.3, 0.4) is 0 Å². The molecule has 1 N–H and O–H groups in total. The molecule has 1 atom stereocenters. The maximum absolute atomic E-state index is 13.6. The van der Waals surface area contributed by atoms with Gasteiger partial charge in [0.15, 0.2) is 5.69 Å². The van der Waals surface area contributed by atoms with Gasteiger partial charge in [-0.2, -0.15) is 5.10 Å². The molecule has 9 heteroatoms. The molecular formula is C16H15F2N3O3S. The number of carbonyl (C=O) groups is 1. The third-order valence-corrected chi connectivity index (χ3v) is 4.45. The molecule has 0 saturated carbocycles. The number of aromatic nitrogens is 1. The SMILES string of the molecule is CCOC(=O)c1csc(N2N=C(c3ccccc3)C[C@@]2(O)C(F)F)n1. The fraction of sp³-hybridized carbons (Fsp3) is 0.312. The van der Waals surface area contributed by atoms with E-state index < -0.39 is 18.1 Å². The van der Waals surface area contributed by atoms with Crippen LogP contribution in [-0.2, 0) is 4.74 Å². The Hall–Kier alpha value is -2.39. The van der Waals surface area contributed by atoms with Crippen LogP contribution in [0.15, 0.2) is 40.8 Å². The minimum atomic E-state index is -3.08. The van der Waals surface area contributed by atoms with Gasteiger partial charge < -0.3 is 9.84 Å². The number of esters is 1. The number of nitrogens with zero attached hydrogens (tertiary/aromatic N) is 3. The van der Waals surface area contributed by atoms with Gasteiger partial charge in [-0.1, -0.05) is 30.3 Å². The van der Waals surface area contributed by atoms with Gasteiger partial charge in [0.05, 0.1) is 12.3 Å². The number of aliphatic hydroxyl groups is 1. The van der Waals surface area contributed by atoms with Gasteiger partial charge in [0, 0.05) is 11.8 Å². The van der Waals surface area contributed by atoms with Crippen LogP contribution >= 0.6 is 11.3 Å². The van der Waals surface area contributed by atoms with Crippen LogP contribution in [0.4, 0.5) is 13.9 Å². The van der Waals surface area contributed by atoms with E-state index >= 15 is 0 Å². The number of hydrazone groups is 1. The first-order valence-electron chi connectivity index (χ1n) is 7.52. The first-order chi connectivity index (χ1) is 12.0. The Labute approximate surface area is 146 Å². The van der Waals surface area contributed by atoms with E-state index in [9.17, 15) is 18.7 Å². The summed E-state index contributed by atoms with van der Waals surface area (Å²) < 4.78 is 31.9. The summed E-state index contributed by atoms with van der Waals surface area (Å²) in [6.45, 7) is 1.82. The number of hydrogen-bond acceptors (Lipinski definition) is 7. The highest BCUT2D eigenvalue weighted by atomic mass is 32.1. The lowest BCUT2D eigenvalue weighted by atomic mass is 10.0. The predicted molar refractivity (Wildman–Crippen MR) is 89.1 cm³/mol. The van der Waals surface area contributed by atoms with Crippen molar-refractivity contribution >= 4 is 28.1 Å². The summed E-state index contributed by atoms with van der Waals surface area (Å²) in [5.74, 6) is -0.656. The molecule has 0 bridgehead atoms. The second-order valence-corrected chi connectivity index (χ2v) is 6.15. The minimum Gasteiger partial charge on any atom is -0.461 e. The van der Waals surface area contributed by atoms with Gasteiger partial charge in [0.25, 0.3) is 6.43 Å². The largest absolute Gasteiger partial charge is 0.461 e. The van der Waals surface area contributed by atoms with Gasteiger partial charge in [0.2, 0.25) is 10.9 Å². The zero-order valence-electron chi connectivity index (χ0n) is 13.2. The highest BCUT2D eigenvalue weighted by Crippen LogP contribution is 2.38. The van der Waals surface area contributed by atoms with Crippen molar-refractivity contribution in [2.75, 3.05) is 11.6 Å². The fourth-order valence-corrected chi connectivity index (χ4v) is 3.21. The number of carbonyl (C=O) groups excluding carboxylic acids is 1. The molecule has 0 aliphatic carbocycles. The van der Waals surface area contributed by atoms with E-state index in [1.54, 1.807) is 37.3 Å². The summed E-state index contributed by atoms with van der Waals surface area (Å²) in [6.07, 6.45) is -3.43. The summed E-state index contributed by atoms with van der Waals surface area (Å²) in [6, 6.07) is 8.75. The van der Waals surface area contributed by atoms with Gasteiger partial charge in [0.1, 0.15) is 0 Å². The van der Waals surface area contributed by atoms with Crippen LogP contribution < -0.4 is 5.01 Å². The number of thiazole rings is 1. The first-order valence-corrected chi connectivity index (χ1v) is 8.40. The van der Waals surface area contributed by atoms with Crippen molar-refractivity contribution in [2.45, 2.75) is 25.5 Å². The van der Waals surface area contributed by atoms with Gasteiger partial charge in [-0.3, -0.25) is 0 Å². The van der Waals surface area contributed by atoms with Crippen LogP contribution in [0.1, 0.15) is 29.4 Å². The molecule has 0 unspecified atom stereocenters. The van der Waals surface area contributed by atoms with Crippen molar-refractivity contribution in [1.82, 2.24) is 4.98 Å². The number of alkyl halides is 2. The molecule has 1 aliphatic heterocycles. The van der Waals surface area contributed by atoms with Crippen LogP contribution in [0.2, 0.25) is 0 Å². The molecule has 132 valence electrons. The summed E-state index contributed by atoms with van der Waals surface area (Å²) >= 11 is 0.931. The lowest BCUT2D eigenvalue weighted by molar-refractivity contribution is -0.0867. The highest BCUT2D eigenvalue weighted by molar-refractivity contribution is 7.14. The fourth-order valence-electron chi connectivity index (χ4n) is 2.39. The normalized spacial score (nSPS) is 20.0. The molecule has 0 radical (unpaired) electrons. The number of anilines is 1. The van der Waals surface area contributed by atoms with Crippen molar-refractivity contribution in [2.24, 2.45) is 5.10 Å². The number of halogens is 2. The van der Waals surface area contributed by atoms with E-state index in [2.05, 4.69) is 10.1 Å². The van der Waals surface area contributed by atoms with Crippen molar-refractivity contribution in [3.8, 4) is 0 Å². The number of rotatable bonds is 5. The van der Waals surface area contributed by atoms with Crippen LogP contribution in [0.25, 0.3) is 0 Å². The third-order valence-electron chi connectivity index (χ3n) is 3.63. The predicted octanol–water partition coefficient (Wildman–Crippen LogP) is 2.89. The monoisotopic (exact) mass is 367 g/mol. The smallest absolute Gasteiger partial charge is 0.357 e. The molecule has 2 aromatic rings. The lowest BCUT2D eigenvalue weighted by Crippen LogP contribution is -2.49. The highest BCUT2D eigenvalue weighted by Gasteiger charge is 2.51. The van der Waals surface area contributed by atoms with Crippen LogP contribution in [0, 0.1) is 0 Å². The van der Waals surface area contributed by atoms with E-state index in [0.717, 1.165) is 16.3 Å². The molecule has 0 amide bonds. The molecular weight excluding hydrogens is 352 g/mol. The number of ether oxygens (including phenoxy) is 1. The van der Waals surface area contributed by atoms with Crippen molar-refractivity contribution in [3.05, 3.63) is 47.0 Å². The molecule has 25 heavy (non-hydrogen) atoms. The van der Waals surface area contributed by atoms with Crippen LogP contribution in [0.5, 0.6) is 0 Å². The second-order valence-electron chi connectivity index (χ2n) is 5.32. The molecule has 3 rings (SSSR count). The van der Waals surface area contributed by atoms with E-state index in [1.165, 1.54) is 5.38 Å². The minimum absolute atomic E-state index is 0.00298. The zero-order chi connectivity index (χ0) is 18.0. The zero-order valence-corrected chi connectivity index (χ0v) is 14.0. The Morgan fingerprint density at radius 1 is 1.44 bits per heavy atom. The Kier molecular flexibility index (Phi) is 4.78. The average molecular weight is 367 g/mol. The number of hydrogen-bond donors (Lipinski definition) is 1. The van der Waals surface area contributed by atoms with Crippen molar-refractivity contribution in [3.63, 3.8) is 0 Å². The molecule has 6 nitrogen and oxygen atoms in total. The Balaban J connectivity index is 1.96. The quantitative estimate of drug-likeness (QED) is 0.823. The molecule has 0 spiro atoms. The van der Waals surface area contributed by atoms with E-state index in [0.29, 0.717) is 11.3 Å². The standard InChI is InChI=1S/C16H15F2N3O3S/c1-2-24-13(22)12-9-25-15(19-12)21-16(23,14(17)18)8-11(20-21)10-6-4-3-5-7-10/h3-7,9,14,23H,2,8H2,1H3/t16-/m1/s1. The Morgan fingerprint density at radius 3 is 2.80 bits per heavy atom. The summed E-state index contributed by atoms with van der Waals surface area (Å²) in [7, 11) is 0. The molecule has 0 fully saturated rings. The van der Waals surface area contributed by atoms with Gasteiger partial charge in [-0.25, -0.2) is 23.6 Å². The third kappa shape index (κ3) is 3.24. The van der Waals surface area contributed by atoms with Crippen molar-refractivity contribution < 1.29 is 23.4 Å².